The van der Waals surface area contributed by atoms with Crippen molar-refractivity contribution < 1.29 is 17.9 Å². The summed E-state index contributed by atoms with van der Waals surface area (Å²) in [6.45, 7) is 6.17. The Balaban J connectivity index is 1.41. The lowest BCUT2D eigenvalue weighted by Gasteiger charge is -2.40. The number of carbonyl (C=O) groups is 1. The van der Waals surface area contributed by atoms with Crippen LogP contribution in [0.2, 0.25) is 5.02 Å². The maximum absolute atomic E-state index is 13.2. The molecule has 0 bridgehead atoms. The number of amides is 1. The van der Waals surface area contributed by atoms with Gasteiger partial charge in [0.1, 0.15) is 5.75 Å². The van der Waals surface area contributed by atoms with E-state index in [9.17, 15) is 13.2 Å². The number of hydrogen-bond donors (Lipinski definition) is 1. The van der Waals surface area contributed by atoms with Crippen molar-refractivity contribution in [3.05, 3.63) is 95.0 Å². The summed E-state index contributed by atoms with van der Waals surface area (Å²) in [5, 5.41) is 0.200. The van der Waals surface area contributed by atoms with E-state index in [1.54, 1.807) is 11.8 Å². The molecule has 1 aliphatic heterocycles. The highest BCUT2D eigenvalue weighted by atomic mass is 35.5. The smallest absolute Gasteiger partial charge is 0.241 e. The second-order valence-corrected chi connectivity index (χ2v) is 11.1. The Hall–Kier alpha value is -2.91. The predicted octanol–water partition coefficient (Wildman–Crippen LogP) is 4.34. The molecular weight excluding hydrogens is 510 g/mol. The maximum Gasteiger partial charge on any atom is 0.241 e. The molecule has 9 heteroatoms. The van der Waals surface area contributed by atoms with Gasteiger partial charge in [-0.05, 0) is 43.2 Å². The Bertz CT molecular complexity index is 1260. The molecule has 0 aliphatic carbocycles. The fourth-order valence-electron chi connectivity index (χ4n) is 4.63. The van der Waals surface area contributed by atoms with E-state index in [0.717, 1.165) is 0 Å². The molecule has 0 saturated carbocycles. The molecule has 1 aliphatic rings. The minimum atomic E-state index is -3.94. The first-order valence-electron chi connectivity index (χ1n) is 12.4. The summed E-state index contributed by atoms with van der Waals surface area (Å²) in [6, 6.07) is 24.1. The van der Waals surface area contributed by atoms with Crippen LogP contribution in [-0.4, -0.2) is 63.0 Å². The van der Waals surface area contributed by atoms with Crippen LogP contribution >= 0.6 is 11.6 Å². The second-order valence-electron chi connectivity index (χ2n) is 8.95. The highest BCUT2D eigenvalue weighted by molar-refractivity contribution is 7.89. The molecule has 1 atom stereocenters. The van der Waals surface area contributed by atoms with Crippen molar-refractivity contribution in [2.24, 2.45) is 0 Å². The van der Waals surface area contributed by atoms with E-state index in [-0.39, 0.29) is 21.9 Å². The van der Waals surface area contributed by atoms with Gasteiger partial charge in [0.2, 0.25) is 15.9 Å². The Kier molecular flexibility index (Phi) is 8.87. The van der Waals surface area contributed by atoms with Crippen LogP contribution in [0, 0.1) is 0 Å². The number of benzene rings is 3. The van der Waals surface area contributed by atoms with E-state index in [2.05, 4.69) is 33.9 Å². The molecule has 7 nitrogen and oxygen atoms in total. The van der Waals surface area contributed by atoms with Gasteiger partial charge in [0.05, 0.1) is 28.6 Å². The van der Waals surface area contributed by atoms with Gasteiger partial charge in [-0.1, -0.05) is 72.3 Å². The summed E-state index contributed by atoms with van der Waals surface area (Å²) >= 11 is 6.17. The number of hydrogen-bond acceptors (Lipinski definition) is 5. The lowest BCUT2D eigenvalue weighted by molar-refractivity contribution is -0.134. The summed E-state index contributed by atoms with van der Waals surface area (Å²) < 4.78 is 33.7. The van der Waals surface area contributed by atoms with Crippen LogP contribution in [-0.2, 0) is 14.8 Å². The molecule has 1 amide bonds. The predicted molar refractivity (Wildman–Crippen MR) is 145 cm³/mol. The van der Waals surface area contributed by atoms with E-state index < -0.39 is 16.1 Å². The molecule has 1 fully saturated rings. The number of rotatable bonds is 9. The summed E-state index contributed by atoms with van der Waals surface area (Å²) in [7, 11) is -3.94. The standard InChI is InChI=1S/C28H32ClN3O4S/c1-3-36-26-15-14-24(20-25(26)29)37(34,35)30-21(2)28(33)32-18-16-31(17-19-32)27(22-10-6-4-7-11-22)23-12-8-5-9-13-23/h4-15,20-21,27,30H,3,16-19H2,1-2H3/t21-/m1/s1. The van der Waals surface area contributed by atoms with Crippen LogP contribution in [0.15, 0.2) is 83.8 Å². The van der Waals surface area contributed by atoms with E-state index in [1.165, 1.54) is 29.3 Å². The van der Waals surface area contributed by atoms with Crippen LogP contribution in [0.1, 0.15) is 31.0 Å². The first kappa shape index (κ1) is 27.1. The normalized spacial score (nSPS) is 15.5. The highest BCUT2D eigenvalue weighted by Gasteiger charge is 2.31. The van der Waals surface area contributed by atoms with Gasteiger partial charge >= 0.3 is 0 Å². The van der Waals surface area contributed by atoms with E-state index in [1.807, 2.05) is 43.3 Å². The Morgan fingerprint density at radius 1 is 0.946 bits per heavy atom. The number of nitrogens with zero attached hydrogens (tertiary/aromatic N) is 2. The summed E-state index contributed by atoms with van der Waals surface area (Å²) in [5.74, 6) is 0.158. The van der Waals surface area contributed by atoms with Crippen molar-refractivity contribution in [2.75, 3.05) is 32.8 Å². The number of piperazine rings is 1. The fraction of sp³-hybridized carbons (Fsp3) is 0.321. The minimum Gasteiger partial charge on any atom is -0.492 e. The first-order chi connectivity index (χ1) is 17.8. The van der Waals surface area contributed by atoms with Gasteiger partial charge in [-0.15, -0.1) is 0 Å². The van der Waals surface area contributed by atoms with Crippen LogP contribution in [0.5, 0.6) is 5.75 Å². The first-order valence-corrected chi connectivity index (χ1v) is 14.2. The summed E-state index contributed by atoms with van der Waals surface area (Å²) in [4.78, 5) is 17.2. The molecule has 1 heterocycles. The molecule has 3 aromatic rings. The molecule has 3 aromatic carbocycles. The molecule has 0 unspecified atom stereocenters. The molecule has 0 spiro atoms. The van der Waals surface area contributed by atoms with Crippen molar-refractivity contribution in [3.63, 3.8) is 0 Å². The van der Waals surface area contributed by atoms with Gasteiger partial charge in [0.15, 0.2) is 0 Å². The van der Waals surface area contributed by atoms with Crippen molar-refractivity contribution in [3.8, 4) is 5.75 Å². The third kappa shape index (κ3) is 6.51. The van der Waals surface area contributed by atoms with Gasteiger partial charge < -0.3 is 9.64 Å². The monoisotopic (exact) mass is 541 g/mol. The highest BCUT2D eigenvalue weighted by Crippen LogP contribution is 2.30. The van der Waals surface area contributed by atoms with Crippen LogP contribution in [0.4, 0.5) is 0 Å². The van der Waals surface area contributed by atoms with Gasteiger partial charge in [-0.25, -0.2) is 8.42 Å². The molecule has 0 aromatic heterocycles. The third-order valence-electron chi connectivity index (χ3n) is 6.44. The Morgan fingerprint density at radius 2 is 1.51 bits per heavy atom. The Morgan fingerprint density at radius 3 is 2.03 bits per heavy atom. The number of nitrogens with one attached hydrogen (secondary N) is 1. The molecule has 4 rings (SSSR count). The average molecular weight is 542 g/mol. The lowest BCUT2D eigenvalue weighted by atomic mass is 9.96. The minimum absolute atomic E-state index is 0.0148. The van der Waals surface area contributed by atoms with Crippen molar-refractivity contribution >= 4 is 27.5 Å². The Labute approximate surface area is 224 Å². The largest absolute Gasteiger partial charge is 0.492 e. The topological polar surface area (TPSA) is 78.9 Å². The van der Waals surface area contributed by atoms with Gasteiger partial charge in [-0.2, -0.15) is 4.72 Å². The second kappa shape index (κ2) is 12.1. The maximum atomic E-state index is 13.2. The zero-order valence-corrected chi connectivity index (χ0v) is 22.6. The zero-order valence-electron chi connectivity index (χ0n) is 21.0. The number of ether oxygens (including phenoxy) is 1. The molecule has 0 radical (unpaired) electrons. The number of carbonyl (C=O) groups excluding carboxylic acids is 1. The molecule has 1 N–H and O–H groups in total. The molecule has 1 saturated heterocycles. The van der Waals surface area contributed by atoms with E-state index in [4.69, 9.17) is 16.3 Å². The quantitative estimate of drug-likeness (QED) is 0.436. The zero-order chi connectivity index (χ0) is 26.4. The van der Waals surface area contributed by atoms with Crippen LogP contribution in [0.3, 0.4) is 0 Å². The van der Waals surface area contributed by atoms with E-state index in [0.29, 0.717) is 38.5 Å². The van der Waals surface area contributed by atoms with Crippen molar-refractivity contribution in [1.29, 1.82) is 0 Å². The number of sulfonamides is 1. The van der Waals surface area contributed by atoms with Crippen LogP contribution in [0.25, 0.3) is 0 Å². The molecular formula is C28H32ClN3O4S. The van der Waals surface area contributed by atoms with Gasteiger partial charge in [-0.3, -0.25) is 9.69 Å². The molecule has 37 heavy (non-hydrogen) atoms. The SMILES string of the molecule is CCOc1ccc(S(=O)(=O)N[C@H](C)C(=O)N2CCN(C(c3ccccc3)c3ccccc3)CC2)cc1Cl. The van der Waals surface area contributed by atoms with Gasteiger partial charge in [0.25, 0.3) is 0 Å². The third-order valence-corrected chi connectivity index (χ3v) is 8.27. The fourth-order valence-corrected chi connectivity index (χ4v) is 6.15. The molecule has 196 valence electrons. The summed E-state index contributed by atoms with van der Waals surface area (Å²) in [5.41, 5.74) is 2.40. The van der Waals surface area contributed by atoms with Gasteiger partial charge in [0, 0.05) is 26.2 Å². The van der Waals surface area contributed by atoms with Crippen LogP contribution < -0.4 is 9.46 Å². The summed E-state index contributed by atoms with van der Waals surface area (Å²) in [6.07, 6.45) is 0. The average Bonchev–Trinajstić information content (AvgIpc) is 2.91. The van der Waals surface area contributed by atoms with Crippen molar-refractivity contribution in [1.82, 2.24) is 14.5 Å². The lowest BCUT2D eigenvalue weighted by Crippen LogP contribution is -2.54. The van der Waals surface area contributed by atoms with E-state index >= 15 is 0 Å². The number of halogens is 1. The van der Waals surface area contributed by atoms with Crippen molar-refractivity contribution in [2.45, 2.75) is 30.8 Å².